The summed E-state index contributed by atoms with van der Waals surface area (Å²) >= 11 is 5.50. The fraction of sp³-hybridized carbons (Fsp3) is 0.250. The Kier molecular flexibility index (Phi) is 2.47. The lowest BCUT2D eigenvalue weighted by Gasteiger charge is -2.05. The van der Waals surface area contributed by atoms with Crippen molar-refractivity contribution < 1.29 is 9.50 Å². The van der Waals surface area contributed by atoms with Crippen molar-refractivity contribution in [3.63, 3.8) is 0 Å². The molecule has 1 N–H and O–H groups in total. The highest BCUT2D eigenvalue weighted by Gasteiger charge is 2.06. The van der Waals surface area contributed by atoms with Crippen LogP contribution in [-0.2, 0) is 0 Å². The van der Waals surface area contributed by atoms with Crippen molar-refractivity contribution >= 4 is 11.6 Å². The number of rotatable bonds is 1. The molecule has 1 aromatic rings. The molecule has 0 radical (unpaired) electrons. The van der Waals surface area contributed by atoms with Crippen LogP contribution < -0.4 is 0 Å². The van der Waals surface area contributed by atoms with E-state index in [0.717, 1.165) is 0 Å². The zero-order chi connectivity index (χ0) is 8.43. The zero-order valence-corrected chi connectivity index (χ0v) is 6.77. The molecule has 0 amide bonds. The molecule has 0 aromatic heterocycles. The van der Waals surface area contributed by atoms with Crippen molar-refractivity contribution in [2.24, 2.45) is 0 Å². The normalized spacial score (nSPS) is 13.1. The maximum Gasteiger partial charge on any atom is 0.130 e. The molecule has 0 spiro atoms. The lowest BCUT2D eigenvalue weighted by Crippen LogP contribution is -1.94. The van der Waals surface area contributed by atoms with Gasteiger partial charge in [0.15, 0.2) is 0 Å². The van der Waals surface area contributed by atoms with Crippen molar-refractivity contribution in [3.05, 3.63) is 34.6 Å². The summed E-state index contributed by atoms with van der Waals surface area (Å²) < 4.78 is 12.9. The molecule has 0 aliphatic rings. The average Bonchev–Trinajstić information content (AvgIpc) is 1.85. The molecule has 0 unspecified atom stereocenters. The van der Waals surface area contributed by atoms with E-state index >= 15 is 0 Å². The summed E-state index contributed by atoms with van der Waals surface area (Å²) in [5.74, 6) is -0.465. The summed E-state index contributed by atoms with van der Waals surface area (Å²) in [4.78, 5) is 0. The minimum atomic E-state index is -0.785. The van der Waals surface area contributed by atoms with E-state index in [1.54, 1.807) is 6.07 Å². The van der Waals surface area contributed by atoms with Crippen molar-refractivity contribution in [1.29, 1.82) is 0 Å². The fourth-order valence-corrected chi connectivity index (χ4v) is 0.999. The molecule has 0 saturated heterocycles. The average molecular weight is 175 g/mol. The molecule has 3 heteroatoms. The standard InChI is InChI=1S/C8H8ClFO/c1-5(11)7-3-2-6(9)4-8(7)10/h2-5,11H,1H3/t5-/m1/s1. The molecule has 0 saturated carbocycles. The monoisotopic (exact) mass is 174 g/mol. The minimum Gasteiger partial charge on any atom is -0.389 e. The van der Waals surface area contributed by atoms with Gasteiger partial charge in [-0.2, -0.15) is 0 Å². The number of aliphatic hydroxyl groups excluding tert-OH is 1. The highest BCUT2D eigenvalue weighted by Crippen LogP contribution is 2.19. The highest BCUT2D eigenvalue weighted by atomic mass is 35.5. The molecule has 0 heterocycles. The Morgan fingerprint density at radius 2 is 2.18 bits per heavy atom. The Balaban J connectivity index is 3.09. The van der Waals surface area contributed by atoms with Crippen LogP contribution in [0.15, 0.2) is 18.2 Å². The maximum atomic E-state index is 12.9. The van der Waals surface area contributed by atoms with Gasteiger partial charge in [-0.3, -0.25) is 0 Å². The first-order valence-electron chi connectivity index (χ1n) is 3.24. The van der Waals surface area contributed by atoms with Crippen LogP contribution in [0.1, 0.15) is 18.6 Å². The summed E-state index contributed by atoms with van der Waals surface area (Å²) in [6.45, 7) is 1.51. The van der Waals surface area contributed by atoms with Gasteiger partial charge in [0.1, 0.15) is 5.82 Å². The summed E-state index contributed by atoms with van der Waals surface area (Å²) in [6, 6.07) is 4.21. The number of halogens is 2. The first kappa shape index (κ1) is 8.50. The molecule has 0 bridgehead atoms. The topological polar surface area (TPSA) is 20.2 Å². The van der Waals surface area contributed by atoms with Crippen LogP contribution >= 0.6 is 11.6 Å². The molecule has 0 aliphatic carbocycles. The summed E-state index contributed by atoms with van der Waals surface area (Å²) in [7, 11) is 0. The molecule has 1 atom stereocenters. The fourth-order valence-electron chi connectivity index (χ4n) is 0.840. The van der Waals surface area contributed by atoms with Gasteiger partial charge in [-0.05, 0) is 19.1 Å². The smallest absolute Gasteiger partial charge is 0.130 e. The summed E-state index contributed by atoms with van der Waals surface area (Å²) in [5, 5.41) is 9.35. The maximum absolute atomic E-state index is 12.9. The van der Waals surface area contributed by atoms with Crippen LogP contribution in [0.5, 0.6) is 0 Å². The Morgan fingerprint density at radius 1 is 1.55 bits per heavy atom. The van der Waals surface area contributed by atoms with Crippen molar-refractivity contribution in [1.82, 2.24) is 0 Å². The second kappa shape index (κ2) is 3.20. The van der Waals surface area contributed by atoms with Gasteiger partial charge < -0.3 is 5.11 Å². The number of benzene rings is 1. The van der Waals surface area contributed by atoms with Gasteiger partial charge in [-0.15, -0.1) is 0 Å². The van der Waals surface area contributed by atoms with Crippen molar-refractivity contribution in [2.45, 2.75) is 13.0 Å². The van der Waals surface area contributed by atoms with Crippen molar-refractivity contribution in [3.8, 4) is 0 Å². The van der Waals surface area contributed by atoms with E-state index in [1.807, 2.05) is 0 Å². The third-order valence-corrected chi connectivity index (χ3v) is 1.65. The number of hydrogen-bond acceptors (Lipinski definition) is 1. The molecule has 11 heavy (non-hydrogen) atoms. The molecular formula is C8H8ClFO. The quantitative estimate of drug-likeness (QED) is 0.694. The molecular weight excluding hydrogens is 167 g/mol. The Labute approximate surface area is 69.4 Å². The predicted octanol–water partition coefficient (Wildman–Crippen LogP) is 2.53. The molecule has 1 aromatic carbocycles. The Hall–Kier alpha value is -0.600. The van der Waals surface area contributed by atoms with Gasteiger partial charge >= 0.3 is 0 Å². The van der Waals surface area contributed by atoms with E-state index in [2.05, 4.69) is 0 Å². The third-order valence-electron chi connectivity index (χ3n) is 1.41. The molecule has 60 valence electrons. The van der Waals surface area contributed by atoms with E-state index in [9.17, 15) is 4.39 Å². The summed E-state index contributed by atoms with van der Waals surface area (Å²) in [6.07, 6.45) is -0.785. The van der Waals surface area contributed by atoms with E-state index in [-0.39, 0.29) is 5.56 Å². The minimum absolute atomic E-state index is 0.273. The third kappa shape index (κ3) is 1.91. The van der Waals surface area contributed by atoms with E-state index in [4.69, 9.17) is 16.7 Å². The van der Waals surface area contributed by atoms with Gasteiger partial charge in [-0.1, -0.05) is 17.7 Å². The van der Waals surface area contributed by atoms with Gasteiger partial charge in [0, 0.05) is 10.6 Å². The highest BCUT2D eigenvalue weighted by molar-refractivity contribution is 6.30. The Bertz CT molecular complexity index is 260. The number of aliphatic hydroxyl groups is 1. The van der Waals surface area contributed by atoms with Gasteiger partial charge in [0.05, 0.1) is 6.10 Å². The van der Waals surface area contributed by atoms with Crippen LogP contribution in [0, 0.1) is 5.82 Å². The molecule has 1 rings (SSSR count). The van der Waals surface area contributed by atoms with E-state index in [0.29, 0.717) is 5.02 Å². The van der Waals surface area contributed by atoms with Gasteiger partial charge in [0.2, 0.25) is 0 Å². The second-order valence-electron chi connectivity index (χ2n) is 2.34. The molecule has 0 fully saturated rings. The van der Waals surface area contributed by atoms with Crippen LogP contribution in [0.25, 0.3) is 0 Å². The van der Waals surface area contributed by atoms with Crippen LogP contribution in [0.4, 0.5) is 4.39 Å². The number of hydrogen-bond donors (Lipinski definition) is 1. The van der Waals surface area contributed by atoms with Gasteiger partial charge in [-0.25, -0.2) is 4.39 Å². The second-order valence-corrected chi connectivity index (χ2v) is 2.78. The van der Waals surface area contributed by atoms with E-state index < -0.39 is 11.9 Å². The Morgan fingerprint density at radius 3 is 2.64 bits per heavy atom. The van der Waals surface area contributed by atoms with Crippen LogP contribution in [0.2, 0.25) is 5.02 Å². The van der Waals surface area contributed by atoms with E-state index in [1.165, 1.54) is 19.1 Å². The molecule has 1 nitrogen and oxygen atoms in total. The SMILES string of the molecule is C[C@@H](O)c1ccc(Cl)cc1F. The summed E-state index contributed by atoms with van der Waals surface area (Å²) in [5.41, 5.74) is 0.273. The van der Waals surface area contributed by atoms with Crippen LogP contribution in [0.3, 0.4) is 0 Å². The first-order chi connectivity index (χ1) is 5.11. The van der Waals surface area contributed by atoms with Crippen LogP contribution in [-0.4, -0.2) is 5.11 Å². The zero-order valence-electron chi connectivity index (χ0n) is 6.01. The van der Waals surface area contributed by atoms with Gasteiger partial charge in [0.25, 0.3) is 0 Å². The lowest BCUT2D eigenvalue weighted by molar-refractivity contribution is 0.194. The lowest BCUT2D eigenvalue weighted by atomic mass is 10.1. The van der Waals surface area contributed by atoms with Crippen molar-refractivity contribution in [2.75, 3.05) is 0 Å². The largest absolute Gasteiger partial charge is 0.389 e. The first-order valence-corrected chi connectivity index (χ1v) is 3.62. The molecule has 0 aliphatic heterocycles. The predicted molar refractivity (Wildman–Crippen MR) is 42.0 cm³/mol.